The highest BCUT2D eigenvalue weighted by atomic mass is 32.2. The van der Waals surface area contributed by atoms with Crippen molar-refractivity contribution in [3.05, 3.63) is 47.5 Å². The predicted molar refractivity (Wildman–Crippen MR) is 100 cm³/mol. The van der Waals surface area contributed by atoms with Gasteiger partial charge in [0, 0.05) is 32.1 Å². The Kier molecular flexibility index (Phi) is 6.13. The summed E-state index contributed by atoms with van der Waals surface area (Å²) in [6.07, 6.45) is 0.740. The van der Waals surface area contributed by atoms with Crippen molar-refractivity contribution in [3.8, 4) is 5.75 Å². The van der Waals surface area contributed by atoms with Crippen LogP contribution in [0.3, 0.4) is 0 Å². The Morgan fingerprint density at radius 2 is 2.00 bits per heavy atom. The third-order valence-corrected chi connectivity index (χ3v) is 6.94. The molecule has 1 N–H and O–H groups in total. The molecule has 0 aliphatic carbocycles. The molecule has 1 aliphatic rings. The van der Waals surface area contributed by atoms with E-state index in [2.05, 4.69) is 10.2 Å². The van der Waals surface area contributed by atoms with Gasteiger partial charge >= 0.3 is 0 Å². The zero-order valence-electron chi connectivity index (χ0n) is 15.6. The normalized spacial score (nSPS) is 18.3. The van der Waals surface area contributed by atoms with Crippen LogP contribution in [0.25, 0.3) is 0 Å². The number of nitrogens with zero attached hydrogens (tertiary/aromatic N) is 3. The van der Waals surface area contributed by atoms with Gasteiger partial charge < -0.3 is 4.74 Å². The molecule has 0 saturated carbocycles. The molecule has 0 bridgehead atoms. The van der Waals surface area contributed by atoms with Crippen LogP contribution in [0, 0.1) is 5.82 Å². The van der Waals surface area contributed by atoms with Crippen LogP contribution in [0.4, 0.5) is 4.39 Å². The zero-order valence-corrected chi connectivity index (χ0v) is 16.4. The van der Waals surface area contributed by atoms with E-state index in [0.717, 1.165) is 17.8 Å². The van der Waals surface area contributed by atoms with Crippen molar-refractivity contribution in [2.24, 2.45) is 0 Å². The molecular weight excluding hydrogens is 371 g/mol. The lowest BCUT2D eigenvalue weighted by Gasteiger charge is -2.25. The Bertz CT molecular complexity index is 850. The van der Waals surface area contributed by atoms with E-state index in [4.69, 9.17) is 4.74 Å². The van der Waals surface area contributed by atoms with E-state index in [1.807, 2.05) is 19.9 Å². The van der Waals surface area contributed by atoms with Crippen LogP contribution >= 0.6 is 0 Å². The van der Waals surface area contributed by atoms with E-state index in [-0.39, 0.29) is 18.3 Å². The Hall–Kier alpha value is -1.97. The first-order valence-electron chi connectivity index (χ1n) is 9.11. The smallest absolute Gasteiger partial charge is 0.281 e. The monoisotopic (exact) mass is 396 g/mol. The maximum Gasteiger partial charge on any atom is 0.281 e. The quantitative estimate of drug-likeness (QED) is 0.744. The van der Waals surface area contributed by atoms with Crippen LogP contribution in [0.1, 0.15) is 37.6 Å². The number of aromatic amines is 1. The lowest BCUT2D eigenvalue weighted by Crippen LogP contribution is -2.42. The molecule has 9 heteroatoms. The van der Waals surface area contributed by atoms with Gasteiger partial charge in [0.05, 0.1) is 11.4 Å². The highest BCUT2D eigenvalue weighted by Gasteiger charge is 2.35. The number of hydrogen-bond acceptors (Lipinski definition) is 4. The average molecular weight is 396 g/mol. The zero-order chi connectivity index (χ0) is 19.4. The van der Waals surface area contributed by atoms with Gasteiger partial charge in [-0.3, -0.25) is 5.10 Å². The first-order chi connectivity index (χ1) is 12.9. The molecule has 1 aromatic carbocycles. The van der Waals surface area contributed by atoms with Crippen LogP contribution in [-0.4, -0.2) is 53.4 Å². The second kappa shape index (κ2) is 8.37. The minimum atomic E-state index is -3.41. The minimum Gasteiger partial charge on any atom is -0.487 e. The SMILES string of the molecule is CCN(CC)S(=O)(=O)N1CC[C@@H](c2cc(COc3ccc(F)cc3)[nH]n2)C1. The van der Waals surface area contributed by atoms with Crippen LogP contribution < -0.4 is 4.74 Å². The predicted octanol–water partition coefficient (Wildman–Crippen LogP) is 2.50. The summed E-state index contributed by atoms with van der Waals surface area (Å²) in [6, 6.07) is 7.73. The van der Waals surface area contributed by atoms with Crippen molar-refractivity contribution in [2.45, 2.75) is 32.8 Å². The number of hydrogen-bond donors (Lipinski definition) is 1. The molecule has 1 aromatic heterocycles. The average Bonchev–Trinajstić information content (AvgIpc) is 3.32. The van der Waals surface area contributed by atoms with Gasteiger partial charge in [0.1, 0.15) is 18.2 Å². The molecule has 2 heterocycles. The molecule has 7 nitrogen and oxygen atoms in total. The van der Waals surface area contributed by atoms with Crippen molar-refractivity contribution < 1.29 is 17.5 Å². The first kappa shape index (κ1) is 19.8. The van der Waals surface area contributed by atoms with E-state index in [1.54, 1.807) is 12.1 Å². The number of H-pyrrole nitrogens is 1. The van der Waals surface area contributed by atoms with Gasteiger partial charge in [-0.1, -0.05) is 13.8 Å². The van der Waals surface area contributed by atoms with Crippen LogP contribution in [-0.2, 0) is 16.8 Å². The van der Waals surface area contributed by atoms with E-state index >= 15 is 0 Å². The maximum absolute atomic E-state index is 12.9. The summed E-state index contributed by atoms with van der Waals surface area (Å²) in [5, 5.41) is 7.26. The molecule has 3 rings (SSSR count). The van der Waals surface area contributed by atoms with Crippen LogP contribution in [0.5, 0.6) is 5.75 Å². The van der Waals surface area contributed by atoms with Crippen molar-refractivity contribution in [3.63, 3.8) is 0 Å². The fraction of sp³-hybridized carbons (Fsp3) is 0.500. The summed E-state index contributed by atoms with van der Waals surface area (Å²) in [6.45, 7) is 5.83. The van der Waals surface area contributed by atoms with Gasteiger partial charge in [-0.2, -0.15) is 22.1 Å². The number of aromatic nitrogens is 2. The molecule has 148 valence electrons. The summed E-state index contributed by atoms with van der Waals surface area (Å²) in [7, 11) is -3.41. The van der Waals surface area contributed by atoms with Crippen molar-refractivity contribution in [1.29, 1.82) is 0 Å². The fourth-order valence-electron chi connectivity index (χ4n) is 3.25. The molecular formula is C18H25FN4O3S. The lowest BCUT2D eigenvalue weighted by atomic mass is 10.1. The molecule has 1 fully saturated rings. The number of ether oxygens (including phenoxy) is 1. The van der Waals surface area contributed by atoms with Gasteiger partial charge in [-0.25, -0.2) is 4.39 Å². The largest absolute Gasteiger partial charge is 0.487 e. The second-order valence-electron chi connectivity index (χ2n) is 6.50. The molecule has 0 amide bonds. The van der Waals surface area contributed by atoms with Gasteiger partial charge in [0.2, 0.25) is 0 Å². The molecule has 0 spiro atoms. The summed E-state index contributed by atoms with van der Waals surface area (Å²) in [5.41, 5.74) is 1.63. The van der Waals surface area contributed by atoms with Gasteiger partial charge in [-0.05, 0) is 36.8 Å². The second-order valence-corrected chi connectivity index (χ2v) is 8.42. The third kappa shape index (κ3) is 4.48. The minimum absolute atomic E-state index is 0.0613. The van der Waals surface area contributed by atoms with E-state index < -0.39 is 10.2 Å². The van der Waals surface area contributed by atoms with Crippen molar-refractivity contribution in [2.75, 3.05) is 26.2 Å². The van der Waals surface area contributed by atoms with Gasteiger partial charge in [0.15, 0.2) is 0 Å². The Morgan fingerprint density at radius 3 is 2.67 bits per heavy atom. The topological polar surface area (TPSA) is 78.5 Å². The summed E-state index contributed by atoms with van der Waals surface area (Å²) < 4.78 is 46.8. The van der Waals surface area contributed by atoms with Gasteiger partial charge in [0.25, 0.3) is 10.2 Å². The summed E-state index contributed by atoms with van der Waals surface area (Å²) in [4.78, 5) is 0. The maximum atomic E-state index is 12.9. The molecule has 0 radical (unpaired) electrons. The number of nitrogens with one attached hydrogen (secondary N) is 1. The number of benzene rings is 1. The van der Waals surface area contributed by atoms with E-state index in [1.165, 1.54) is 20.7 Å². The number of rotatable bonds is 8. The summed E-state index contributed by atoms with van der Waals surface area (Å²) >= 11 is 0. The van der Waals surface area contributed by atoms with Crippen molar-refractivity contribution >= 4 is 10.2 Å². The van der Waals surface area contributed by atoms with Crippen LogP contribution in [0.2, 0.25) is 0 Å². The highest BCUT2D eigenvalue weighted by Crippen LogP contribution is 2.29. The molecule has 0 unspecified atom stereocenters. The Morgan fingerprint density at radius 1 is 1.30 bits per heavy atom. The molecule has 27 heavy (non-hydrogen) atoms. The third-order valence-electron chi connectivity index (χ3n) is 4.79. The Labute approximate surface area is 159 Å². The standard InChI is InChI=1S/C18H25FN4O3S/c1-3-22(4-2)27(24,25)23-10-9-14(12-23)18-11-16(20-21-18)13-26-17-7-5-15(19)6-8-17/h5-8,11,14H,3-4,9-10,12-13H2,1-2H3,(H,20,21)/t14-/m1/s1. The van der Waals surface area contributed by atoms with E-state index in [0.29, 0.717) is 31.9 Å². The number of halogens is 1. The van der Waals surface area contributed by atoms with Crippen LogP contribution in [0.15, 0.2) is 30.3 Å². The molecule has 2 aromatic rings. The first-order valence-corrected chi connectivity index (χ1v) is 10.5. The molecule has 1 atom stereocenters. The highest BCUT2D eigenvalue weighted by molar-refractivity contribution is 7.86. The lowest BCUT2D eigenvalue weighted by molar-refractivity contribution is 0.300. The summed E-state index contributed by atoms with van der Waals surface area (Å²) in [5.74, 6) is 0.327. The molecule has 1 saturated heterocycles. The van der Waals surface area contributed by atoms with E-state index in [9.17, 15) is 12.8 Å². The molecule has 1 aliphatic heterocycles. The van der Waals surface area contributed by atoms with Gasteiger partial charge in [-0.15, -0.1) is 0 Å². The Balaban J connectivity index is 1.59. The van der Waals surface area contributed by atoms with Crippen molar-refractivity contribution in [1.82, 2.24) is 18.8 Å². The fourth-order valence-corrected chi connectivity index (χ4v) is 4.93.